The van der Waals surface area contributed by atoms with Gasteiger partial charge >= 0.3 is 0 Å². The van der Waals surface area contributed by atoms with Gasteiger partial charge in [-0.3, -0.25) is 4.79 Å². The molecular weight excluding hydrogens is 294 g/mol. The molecule has 23 heavy (non-hydrogen) atoms. The molecule has 3 rings (SSSR count). The third-order valence-corrected chi connectivity index (χ3v) is 3.38. The second-order valence-electron chi connectivity index (χ2n) is 4.94. The van der Waals surface area contributed by atoms with Gasteiger partial charge in [-0.2, -0.15) is 0 Å². The van der Waals surface area contributed by atoms with Crippen molar-refractivity contribution < 1.29 is 15.0 Å². The number of hydrogen-bond donors (Lipinski definition) is 3. The van der Waals surface area contributed by atoms with E-state index in [0.29, 0.717) is 22.0 Å². The SMILES string of the molecule is Nc1ccc(C(=O)N=Nc2cc(O)c3ccccc3c2O)cc1. The van der Waals surface area contributed by atoms with Crippen LogP contribution in [-0.2, 0) is 0 Å². The lowest BCUT2D eigenvalue weighted by atomic mass is 10.1. The molecule has 0 saturated heterocycles. The maximum atomic E-state index is 11.9. The average molecular weight is 307 g/mol. The minimum absolute atomic E-state index is 0.0185. The first-order chi connectivity index (χ1) is 11.1. The maximum absolute atomic E-state index is 11.9. The van der Waals surface area contributed by atoms with Gasteiger partial charge in [-0.25, -0.2) is 0 Å². The fourth-order valence-electron chi connectivity index (χ4n) is 2.19. The van der Waals surface area contributed by atoms with Gasteiger partial charge in [0.15, 0.2) is 5.75 Å². The van der Waals surface area contributed by atoms with Crippen LogP contribution in [0.25, 0.3) is 10.8 Å². The van der Waals surface area contributed by atoms with Crippen LogP contribution in [-0.4, -0.2) is 16.1 Å². The third kappa shape index (κ3) is 2.82. The number of anilines is 1. The largest absolute Gasteiger partial charge is 0.507 e. The van der Waals surface area contributed by atoms with Crippen molar-refractivity contribution in [3.8, 4) is 11.5 Å². The molecule has 4 N–H and O–H groups in total. The Hall–Kier alpha value is -3.41. The number of rotatable bonds is 2. The lowest BCUT2D eigenvalue weighted by molar-refractivity contribution is 0.0995. The van der Waals surface area contributed by atoms with Crippen molar-refractivity contribution in [1.29, 1.82) is 0 Å². The first-order valence-electron chi connectivity index (χ1n) is 6.81. The summed E-state index contributed by atoms with van der Waals surface area (Å²) < 4.78 is 0. The zero-order valence-electron chi connectivity index (χ0n) is 12.0. The summed E-state index contributed by atoms with van der Waals surface area (Å²) in [6, 6.07) is 14.3. The standard InChI is InChI=1S/C17H13N3O3/c18-11-7-5-10(6-8-11)17(23)20-19-14-9-15(21)12-3-1-2-4-13(12)16(14)22/h1-9,21-22H,18H2. The number of carbonyl (C=O) groups excluding carboxylic acids is 1. The highest BCUT2D eigenvalue weighted by atomic mass is 16.3. The Bertz CT molecular complexity index is 918. The molecule has 6 nitrogen and oxygen atoms in total. The quantitative estimate of drug-likeness (QED) is 0.380. The summed E-state index contributed by atoms with van der Waals surface area (Å²) in [5, 5.41) is 28.4. The van der Waals surface area contributed by atoms with E-state index in [9.17, 15) is 15.0 Å². The van der Waals surface area contributed by atoms with Gasteiger partial charge in [0.1, 0.15) is 11.4 Å². The highest BCUT2D eigenvalue weighted by Crippen LogP contribution is 2.40. The lowest BCUT2D eigenvalue weighted by Crippen LogP contribution is -1.94. The van der Waals surface area contributed by atoms with E-state index >= 15 is 0 Å². The van der Waals surface area contributed by atoms with Crippen LogP contribution in [0.15, 0.2) is 64.8 Å². The molecule has 0 aliphatic carbocycles. The number of amides is 1. The van der Waals surface area contributed by atoms with Crippen LogP contribution in [0, 0.1) is 0 Å². The predicted molar refractivity (Wildman–Crippen MR) is 87.0 cm³/mol. The monoisotopic (exact) mass is 307 g/mol. The molecule has 0 bridgehead atoms. The van der Waals surface area contributed by atoms with Crippen LogP contribution >= 0.6 is 0 Å². The maximum Gasteiger partial charge on any atom is 0.295 e. The number of benzene rings is 3. The Balaban J connectivity index is 1.96. The summed E-state index contributed by atoms with van der Waals surface area (Å²) in [5.74, 6) is -0.767. The Morgan fingerprint density at radius 3 is 2.30 bits per heavy atom. The van der Waals surface area contributed by atoms with Gasteiger partial charge in [0, 0.05) is 28.1 Å². The van der Waals surface area contributed by atoms with Crippen LogP contribution < -0.4 is 5.73 Å². The smallest absolute Gasteiger partial charge is 0.295 e. The molecule has 3 aromatic rings. The van der Waals surface area contributed by atoms with Gasteiger partial charge in [0.2, 0.25) is 0 Å². The number of nitrogen functional groups attached to an aromatic ring is 1. The van der Waals surface area contributed by atoms with E-state index in [0.717, 1.165) is 0 Å². The minimum Gasteiger partial charge on any atom is -0.507 e. The summed E-state index contributed by atoms with van der Waals surface area (Å²) in [6.45, 7) is 0. The van der Waals surface area contributed by atoms with Crippen LogP contribution in [0.2, 0.25) is 0 Å². The van der Waals surface area contributed by atoms with Crippen molar-refractivity contribution >= 4 is 28.1 Å². The summed E-state index contributed by atoms with van der Waals surface area (Å²) >= 11 is 0. The van der Waals surface area contributed by atoms with Crippen molar-refractivity contribution in [2.24, 2.45) is 10.2 Å². The van der Waals surface area contributed by atoms with Crippen molar-refractivity contribution in [3.05, 3.63) is 60.2 Å². The van der Waals surface area contributed by atoms with Gasteiger partial charge in [-0.05, 0) is 24.3 Å². The number of hydrogen-bond acceptors (Lipinski definition) is 5. The highest BCUT2D eigenvalue weighted by Gasteiger charge is 2.11. The van der Waals surface area contributed by atoms with E-state index in [1.165, 1.54) is 18.2 Å². The Kier molecular flexibility index (Phi) is 3.64. The van der Waals surface area contributed by atoms with E-state index < -0.39 is 5.91 Å². The molecule has 0 aliphatic rings. The first kappa shape index (κ1) is 14.5. The molecule has 3 aromatic carbocycles. The number of phenolic OH excluding ortho intramolecular Hbond substituents is 2. The third-order valence-electron chi connectivity index (χ3n) is 3.38. The molecule has 0 unspecified atom stereocenters. The molecule has 1 amide bonds. The van der Waals surface area contributed by atoms with E-state index in [1.807, 2.05) is 0 Å². The van der Waals surface area contributed by atoms with Gasteiger partial charge in [0.05, 0.1) is 0 Å². The van der Waals surface area contributed by atoms with Gasteiger partial charge in [0.25, 0.3) is 5.91 Å². The zero-order chi connectivity index (χ0) is 16.4. The summed E-state index contributed by atoms with van der Waals surface area (Å²) in [7, 11) is 0. The van der Waals surface area contributed by atoms with E-state index in [4.69, 9.17) is 5.73 Å². The van der Waals surface area contributed by atoms with Crippen molar-refractivity contribution in [2.45, 2.75) is 0 Å². The van der Waals surface area contributed by atoms with Crippen LogP contribution in [0.4, 0.5) is 11.4 Å². The number of carbonyl (C=O) groups is 1. The van der Waals surface area contributed by atoms with Crippen LogP contribution in [0.5, 0.6) is 11.5 Å². The summed E-state index contributed by atoms with van der Waals surface area (Å²) in [5.41, 5.74) is 6.44. The summed E-state index contributed by atoms with van der Waals surface area (Å²) in [4.78, 5) is 11.9. The van der Waals surface area contributed by atoms with Crippen molar-refractivity contribution in [3.63, 3.8) is 0 Å². The number of aromatic hydroxyl groups is 2. The topological polar surface area (TPSA) is 108 Å². The molecule has 0 fully saturated rings. The molecule has 114 valence electrons. The predicted octanol–water partition coefficient (Wildman–Crippen LogP) is 3.76. The number of nitrogens with two attached hydrogens (primary N) is 1. The molecule has 0 spiro atoms. The average Bonchev–Trinajstić information content (AvgIpc) is 2.57. The van der Waals surface area contributed by atoms with Gasteiger partial charge in [-0.1, -0.05) is 24.3 Å². The molecule has 0 aliphatic heterocycles. The summed E-state index contributed by atoms with van der Waals surface area (Å²) in [6.07, 6.45) is 0. The lowest BCUT2D eigenvalue weighted by Gasteiger charge is -2.05. The van der Waals surface area contributed by atoms with E-state index in [2.05, 4.69) is 10.2 Å². The highest BCUT2D eigenvalue weighted by molar-refractivity contribution is 5.97. The Morgan fingerprint density at radius 1 is 0.957 bits per heavy atom. The Labute approximate surface area is 131 Å². The number of nitrogens with zero attached hydrogens (tertiary/aromatic N) is 2. The number of phenols is 2. The second kappa shape index (κ2) is 5.76. The molecule has 0 radical (unpaired) electrons. The number of fused-ring (bicyclic) bond motifs is 1. The molecule has 6 heteroatoms. The zero-order valence-corrected chi connectivity index (χ0v) is 12.0. The molecule has 0 aromatic heterocycles. The normalized spacial score (nSPS) is 11.1. The van der Waals surface area contributed by atoms with E-state index in [1.54, 1.807) is 36.4 Å². The molecule has 0 heterocycles. The fraction of sp³-hybridized carbons (Fsp3) is 0. The molecule has 0 saturated carbocycles. The van der Waals surface area contributed by atoms with Gasteiger partial charge < -0.3 is 15.9 Å². The van der Waals surface area contributed by atoms with Gasteiger partial charge in [-0.15, -0.1) is 10.2 Å². The second-order valence-corrected chi connectivity index (χ2v) is 4.94. The molecular formula is C17H13N3O3. The molecule has 0 atom stereocenters. The Morgan fingerprint density at radius 2 is 1.61 bits per heavy atom. The van der Waals surface area contributed by atoms with Crippen LogP contribution in [0.3, 0.4) is 0 Å². The number of azo groups is 1. The van der Waals surface area contributed by atoms with Crippen molar-refractivity contribution in [2.75, 3.05) is 5.73 Å². The van der Waals surface area contributed by atoms with E-state index in [-0.39, 0.29) is 17.2 Å². The fourth-order valence-corrected chi connectivity index (χ4v) is 2.19. The minimum atomic E-state index is -0.572. The van der Waals surface area contributed by atoms with Crippen molar-refractivity contribution in [1.82, 2.24) is 0 Å². The first-order valence-corrected chi connectivity index (χ1v) is 6.81. The van der Waals surface area contributed by atoms with Crippen LogP contribution in [0.1, 0.15) is 10.4 Å².